The molecule has 0 heterocycles. The van der Waals surface area contributed by atoms with Crippen LogP contribution in [0, 0.1) is 0 Å². The lowest BCUT2D eigenvalue weighted by Gasteiger charge is -2.05. The van der Waals surface area contributed by atoms with E-state index in [-0.39, 0.29) is 0 Å². The summed E-state index contributed by atoms with van der Waals surface area (Å²) in [6, 6.07) is 0. The molecule has 9 heavy (non-hydrogen) atoms. The lowest BCUT2D eigenvalue weighted by atomic mass is 10.0. The Kier molecular flexibility index (Phi) is 6.28. The maximum absolute atomic E-state index is 3.53. The molecule has 1 rings (SSSR count). The molecule has 0 aromatic heterocycles. The molecule has 0 saturated heterocycles. The molecule has 0 bridgehead atoms. The fraction of sp³-hybridized carbons (Fsp3) is 0.750. The fourth-order valence-electron chi connectivity index (χ4n) is 0.999. The molecule has 0 saturated carbocycles. The number of hydrogen-bond acceptors (Lipinski definition) is 1. The first-order chi connectivity index (χ1) is 4.39. The highest BCUT2D eigenvalue weighted by atomic mass is 32.1. The van der Waals surface area contributed by atoms with Crippen molar-refractivity contribution < 1.29 is 0 Å². The maximum atomic E-state index is 3.53. The molecule has 54 valence electrons. The van der Waals surface area contributed by atoms with E-state index in [0.717, 1.165) is 0 Å². The zero-order valence-corrected chi connectivity index (χ0v) is 7.25. The number of thiol groups is 1. The second-order valence-corrected chi connectivity index (χ2v) is 2.30. The summed E-state index contributed by atoms with van der Waals surface area (Å²) < 4.78 is 0. The Hall–Kier alpha value is 0.0900. The Morgan fingerprint density at radius 3 is 2.22 bits per heavy atom. The minimum Gasteiger partial charge on any atom is -0.183 e. The highest BCUT2D eigenvalue weighted by Crippen LogP contribution is 2.15. The first-order valence-electron chi connectivity index (χ1n) is 3.50. The average molecular weight is 144 g/mol. The molecule has 0 aromatic rings. The summed E-state index contributed by atoms with van der Waals surface area (Å²) in [6.07, 6.45) is 9.55. The summed E-state index contributed by atoms with van der Waals surface area (Å²) in [5.74, 6) is 0. The molecule has 0 N–H and O–H groups in total. The number of allylic oxidation sites excluding steroid dienone is 2. The van der Waals surface area contributed by atoms with Gasteiger partial charge in [-0.2, -0.15) is 12.6 Å². The third-order valence-electron chi connectivity index (χ3n) is 1.52. The largest absolute Gasteiger partial charge is 0.183 e. The molecule has 0 unspecified atom stereocenters. The van der Waals surface area contributed by atoms with Crippen molar-refractivity contribution in [3.8, 4) is 0 Å². The fourth-order valence-corrected chi connectivity index (χ4v) is 0.999. The maximum Gasteiger partial charge on any atom is -0.0215 e. The standard InChI is InChI=1S/C7H12.CH4S/c1-7-5-3-2-4-6-7;1-2/h5H,2-4,6H2,1H3;2H,1H3. The average Bonchev–Trinajstić information content (AvgIpc) is 1.94. The molecule has 1 aliphatic rings. The van der Waals surface area contributed by atoms with Crippen molar-refractivity contribution in [2.45, 2.75) is 32.6 Å². The van der Waals surface area contributed by atoms with Gasteiger partial charge in [0.25, 0.3) is 0 Å². The van der Waals surface area contributed by atoms with Gasteiger partial charge in [0.05, 0.1) is 0 Å². The molecule has 0 aromatic carbocycles. The van der Waals surface area contributed by atoms with E-state index in [9.17, 15) is 0 Å². The molecular weight excluding hydrogens is 128 g/mol. The van der Waals surface area contributed by atoms with E-state index in [0.29, 0.717) is 0 Å². The van der Waals surface area contributed by atoms with Crippen molar-refractivity contribution in [3.05, 3.63) is 11.6 Å². The molecule has 1 heteroatoms. The van der Waals surface area contributed by atoms with Crippen LogP contribution < -0.4 is 0 Å². The van der Waals surface area contributed by atoms with Crippen LogP contribution in [0.3, 0.4) is 0 Å². The van der Waals surface area contributed by atoms with Crippen molar-refractivity contribution in [1.29, 1.82) is 0 Å². The van der Waals surface area contributed by atoms with Gasteiger partial charge >= 0.3 is 0 Å². The van der Waals surface area contributed by atoms with Gasteiger partial charge < -0.3 is 0 Å². The zero-order valence-electron chi connectivity index (χ0n) is 6.35. The van der Waals surface area contributed by atoms with E-state index in [4.69, 9.17) is 0 Å². The van der Waals surface area contributed by atoms with Gasteiger partial charge in [0.1, 0.15) is 0 Å². The first-order valence-corrected chi connectivity index (χ1v) is 4.39. The SMILES string of the molecule is CC1=CCCCC1.CS. The number of rotatable bonds is 0. The number of hydrogen-bond donors (Lipinski definition) is 1. The van der Waals surface area contributed by atoms with Crippen molar-refractivity contribution in [2.24, 2.45) is 0 Å². The van der Waals surface area contributed by atoms with E-state index in [2.05, 4.69) is 25.6 Å². The normalized spacial score (nSPS) is 17.4. The molecule has 0 atom stereocenters. The Balaban J connectivity index is 0.000000291. The first kappa shape index (κ1) is 9.09. The quantitative estimate of drug-likeness (QED) is 0.392. The van der Waals surface area contributed by atoms with Gasteiger partial charge in [-0.05, 0) is 38.9 Å². The Morgan fingerprint density at radius 1 is 1.33 bits per heavy atom. The van der Waals surface area contributed by atoms with Crippen molar-refractivity contribution in [2.75, 3.05) is 6.26 Å². The summed E-state index contributed by atoms with van der Waals surface area (Å²) in [7, 11) is 0. The van der Waals surface area contributed by atoms with Crippen molar-refractivity contribution in [3.63, 3.8) is 0 Å². The van der Waals surface area contributed by atoms with Gasteiger partial charge in [-0.15, -0.1) is 0 Å². The summed E-state index contributed by atoms with van der Waals surface area (Å²) in [6.45, 7) is 2.22. The molecule has 0 radical (unpaired) electrons. The zero-order chi connectivity index (χ0) is 7.11. The third kappa shape index (κ3) is 4.58. The van der Waals surface area contributed by atoms with Crippen LogP contribution in [0.25, 0.3) is 0 Å². The Labute approximate surface area is 63.8 Å². The van der Waals surface area contributed by atoms with Crippen LogP contribution in [-0.4, -0.2) is 6.26 Å². The summed E-state index contributed by atoms with van der Waals surface area (Å²) in [5, 5.41) is 0. The van der Waals surface area contributed by atoms with E-state index in [1.165, 1.54) is 25.7 Å². The minimum atomic E-state index is 1.33. The van der Waals surface area contributed by atoms with E-state index in [1.54, 1.807) is 11.8 Å². The van der Waals surface area contributed by atoms with Gasteiger partial charge in [0.2, 0.25) is 0 Å². The second kappa shape index (κ2) is 6.21. The second-order valence-electron chi connectivity index (χ2n) is 2.30. The van der Waals surface area contributed by atoms with Gasteiger partial charge in [-0.1, -0.05) is 11.6 Å². The van der Waals surface area contributed by atoms with Crippen molar-refractivity contribution >= 4 is 12.6 Å². The molecule has 0 amide bonds. The monoisotopic (exact) mass is 144 g/mol. The third-order valence-corrected chi connectivity index (χ3v) is 1.52. The topological polar surface area (TPSA) is 0 Å². The van der Waals surface area contributed by atoms with E-state index in [1.807, 2.05) is 0 Å². The Bertz CT molecular complexity index is 84.6. The van der Waals surface area contributed by atoms with Gasteiger partial charge in [-0.25, -0.2) is 0 Å². The van der Waals surface area contributed by atoms with Gasteiger partial charge in [0.15, 0.2) is 0 Å². The van der Waals surface area contributed by atoms with Crippen LogP contribution >= 0.6 is 12.6 Å². The summed E-state index contributed by atoms with van der Waals surface area (Å²) in [4.78, 5) is 0. The molecular formula is C8H16S. The highest BCUT2D eigenvalue weighted by Gasteiger charge is 1.95. The lowest BCUT2D eigenvalue weighted by Crippen LogP contribution is -1.85. The van der Waals surface area contributed by atoms with Gasteiger partial charge in [0, 0.05) is 0 Å². The minimum absolute atomic E-state index is 1.33. The molecule has 0 aliphatic heterocycles. The van der Waals surface area contributed by atoms with Crippen LogP contribution in [0.4, 0.5) is 0 Å². The summed E-state index contributed by atoms with van der Waals surface area (Å²) >= 11 is 3.53. The highest BCUT2D eigenvalue weighted by molar-refractivity contribution is 7.79. The lowest BCUT2D eigenvalue weighted by molar-refractivity contribution is 0.702. The Morgan fingerprint density at radius 2 is 2.00 bits per heavy atom. The van der Waals surface area contributed by atoms with Crippen LogP contribution in [-0.2, 0) is 0 Å². The van der Waals surface area contributed by atoms with Crippen molar-refractivity contribution in [1.82, 2.24) is 0 Å². The summed E-state index contributed by atoms with van der Waals surface area (Å²) in [5.41, 5.74) is 1.59. The van der Waals surface area contributed by atoms with E-state index < -0.39 is 0 Å². The smallest absolute Gasteiger partial charge is 0.0215 e. The van der Waals surface area contributed by atoms with Crippen LogP contribution in [0.15, 0.2) is 11.6 Å². The predicted molar refractivity (Wildman–Crippen MR) is 47.1 cm³/mol. The predicted octanol–water partition coefficient (Wildman–Crippen LogP) is 3.05. The van der Waals surface area contributed by atoms with E-state index >= 15 is 0 Å². The van der Waals surface area contributed by atoms with Crippen LogP contribution in [0.2, 0.25) is 0 Å². The molecule has 0 spiro atoms. The molecule has 0 fully saturated rings. The van der Waals surface area contributed by atoms with Crippen LogP contribution in [0.1, 0.15) is 32.6 Å². The van der Waals surface area contributed by atoms with Crippen LogP contribution in [0.5, 0.6) is 0 Å². The molecule has 1 aliphatic carbocycles. The molecule has 0 nitrogen and oxygen atoms in total. The van der Waals surface area contributed by atoms with Gasteiger partial charge in [-0.3, -0.25) is 0 Å².